The molecule has 2 aromatic rings. The quantitative estimate of drug-likeness (QED) is 0.786. The van der Waals surface area contributed by atoms with Crippen LogP contribution in [0.15, 0.2) is 22.7 Å². The van der Waals surface area contributed by atoms with Crippen LogP contribution in [0.5, 0.6) is 5.75 Å². The standard InChI is InChI=1S/C14H14N2O3/c1-8-15-13(19-16-8)9-4-5-12-10(6-9)11(17)7-14(2,3)18-12/h4-6H,7H2,1-3H3. The van der Waals surface area contributed by atoms with Gasteiger partial charge in [-0.05, 0) is 39.0 Å². The summed E-state index contributed by atoms with van der Waals surface area (Å²) in [5.41, 5.74) is 0.857. The van der Waals surface area contributed by atoms with Gasteiger partial charge in [0.25, 0.3) is 5.89 Å². The summed E-state index contributed by atoms with van der Waals surface area (Å²) in [6.45, 7) is 5.56. The number of benzene rings is 1. The Balaban J connectivity index is 2.05. The van der Waals surface area contributed by atoms with E-state index in [9.17, 15) is 4.79 Å². The average molecular weight is 258 g/mol. The van der Waals surface area contributed by atoms with Gasteiger partial charge in [-0.15, -0.1) is 0 Å². The number of fused-ring (bicyclic) bond motifs is 1. The van der Waals surface area contributed by atoms with Crippen molar-refractivity contribution in [3.8, 4) is 17.2 Å². The molecule has 0 saturated carbocycles. The van der Waals surface area contributed by atoms with Crippen molar-refractivity contribution in [3.63, 3.8) is 0 Å². The van der Waals surface area contributed by atoms with Crippen molar-refractivity contribution in [1.82, 2.24) is 10.1 Å². The molecule has 0 atom stereocenters. The maximum atomic E-state index is 12.1. The monoisotopic (exact) mass is 258 g/mol. The van der Waals surface area contributed by atoms with E-state index < -0.39 is 5.60 Å². The zero-order valence-corrected chi connectivity index (χ0v) is 11.1. The van der Waals surface area contributed by atoms with Gasteiger partial charge in [0, 0.05) is 5.56 Å². The van der Waals surface area contributed by atoms with Crippen molar-refractivity contribution in [3.05, 3.63) is 29.6 Å². The molecule has 2 heterocycles. The number of ether oxygens (including phenoxy) is 1. The van der Waals surface area contributed by atoms with Crippen LogP contribution in [0.1, 0.15) is 36.5 Å². The third-order valence-corrected chi connectivity index (χ3v) is 3.03. The maximum Gasteiger partial charge on any atom is 0.257 e. The Labute approximate surface area is 110 Å². The number of ketones is 1. The van der Waals surface area contributed by atoms with Crippen molar-refractivity contribution < 1.29 is 14.1 Å². The second kappa shape index (κ2) is 3.91. The highest BCUT2D eigenvalue weighted by atomic mass is 16.5. The second-order valence-electron chi connectivity index (χ2n) is 5.32. The summed E-state index contributed by atoms with van der Waals surface area (Å²) in [5, 5.41) is 3.74. The molecule has 0 aliphatic carbocycles. The molecule has 1 aromatic heterocycles. The number of aromatic nitrogens is 2. The third-order valence-electron chi connectivity index (χ3n) is 3.03. The lowest BCUT2D eigenvalue weighted by Crippen LogP contribution is -2.35. The Bertz CT molecular complexity index is 658. The van der Waals surface area contributed by atoms with Crippen molar-refractivity contribution >= 4 is 5.78 Å². The number of carbonyl (C=O) groups is 1. The minimum atomic E-state index is -0.452. The van der Waals surface area contributed by atoms with Crippen LogP contribution < -0.4 is 4.74 Å². The largest absolute Gasteiger partial charge is 0.487 e. The Morgan fingerprint density at radius 2 is 2.11 bits per heavy atom. The van der Waals surface area contributed by atoms with E-state index in [2.05, 4.69) is 10.1 Å². The molecule has 0 fully saturated rings. The van der Waals surface area contributed by atoms with E-state index in [4.69, 9.17) is 9.26 Å². The summed E-state index contributed by atoms with van der Waals surface area (Å²) in [5.74, 6) is 1.67. The second-order valence-corrected chi connectivity index (χ2v) is 5.32. The van der Waals surface area contributed by atoms with E-state index in [0.717, 1.165) is 5.56 Å². The molecule has 0 unspecified atom stereocenters. The molecule has 5 nitrogen and oxygen atoms in total. The number of Topliss-reactive ketones (excluding diaryl/α,β-unsaturated/α-hetero) is 1. The van der Waals surface area contributed by atoms with Crippen LogP contribution in [0, 0.1) is 6.92 Å². The smallest absolute Gasteiger partial charge is 0.257 e. The number of hydrogen-bond donors (Lipinski definition) is 0. The predicted molar refractivity (Wildman–Crippen MR) is 68.1 cm³/mol. The van der Waals surface area contributed by atoms with E-state index in [1.165, 1.54) is 0 Å². The molecule has 0 radical (unpaired) electrons. The molecule has 5 heteroatoms. The number of hydrogen-bond acceptors (Lipinski definition) is 5. The predicted octanol–water partition coefficient (Wildman–Crippen LogP) is 2.79. The van der Waals surface area contributed by atoms with Crippen LogP contribution in [-0.2, 0) is 0 Å². The minimum Gasteiger partial charge on any atom is -0.487 e. The molecule has 3 rings (SSSR count). The van der Waals surface area contributed by atoms with E-state index in [1.807, 2.05) is 19.9 Å². The SMILES string of the molecule is Cc1noc(-c2ccc3c(c2)C(=O)CC(C)(C)O3)n1. The molecule has 1 aliphatic heterocycles. The van der Waals surface area contributed by atoms with Gasteiger partial charge in [0.15, 0.2) is 11.6 Å². The van der Waals surface area contributed by atoms with Gasteiger partial charge in [0.05, 0.1) is 12.0 Å². The summed E-state index contributed by atoms with van der Waals surface area (Å²) in [7, 11) is 0. The zero-order valence-electron chi connectivity index (χ0n) is 11.1. The highest BCUT2D eigenvalue weighted by molar-refractivity contribution is 6.01. The fourth-order valence-electron chi connectivity index (χ4n) is 2.20. The van der Waals surface area contributed by atoms with Crippen LogP contribution in [0.2, 0.25) is 0 Å². The lowest BCUT2D eigenvalue weighted by Gasteiger charge is -2.31. The van der Waals surface area contributed by atoms with Crippen LogP contribution in [0.4, 0.5) is 0 Å². The fraction of sp³-hybridized carbons (Fsp3) is 0.357. The molecular formula is C14H14N2O3. The highest BCUT2D eigenvalue weighted by Crippen LogP contribution is 2.35. The molecule has 0 spiro atoms. The molecule has 1 aromatic carbocycles. The van der Waals surface area contributed by atoms with E-state index in [-0.39, 0.29) is 5.78 Å². The summed E-state index contributed by atoms with van der Waals surface area (Å²) in [6.07, 6.45) is 0.367. The maximum absolute atomic E-state index is 12.1. The first kappa shape index (κ1) is 11.9. The normalized spacial score (nSPS) is 16.9. The van der Waals surface area contributed by atoms with Crippen LogP contribution in [-0.4, -0.2) is 21.5 Å². The summed E-state index contributed by atoms with van der Waals surface area (Å²) in [6, 6.07) is 5.35. The van der Waals surface area contributed by atoms with Crippen molar-refractivity contribution in [2.45, 2.75) is 32.8 Å². The van der Waals surface area contributed by atoms with E-state index in [0.29, 0.717) is 29.4 Å². The Kier molecular flexibility index (Phi) is 2.45. The van der Waals surface area contributed by atoms with Gasteiger partial charge < -0.3 is 9.26 Å². The first-order chi connectivity index (χ1) is 8.94. The molecule has 0 amide bonds. The Morgan fingerprint density at radius 3 is 2.79 bits per heavy atom. The summed E-state index contributed by atoms with van der Waals surface area (Å²) in [4.78, 5) is 16.3. The average Bonchev–Trinajstić information content (AvgIpc) is 2.74. The number of carbonyl (C=O) groups excluding carboxylic acids is 1. The van der Waals surface area contributed by atoms with Crippen molar-refractivity contribution in [1.29, 1.82) is 0 Å². The molecule has 0 N–H and O–H groups in total. The number of aryl methyl sites for hydroxylation is 1. The number of rotatable bonds is 1. The summed E-state index contributed by atoms with van der Waals surface area (Å²) < 4.78 is 10.9. The van der Waals surface area contributed by atoms with Gasteiger partial charge in [0.2, 0.25) is 0 Å². The molecule has 19 heavy (non-hydrogen) atoms. The van der Waals surface area contributed by atoms with Gasteiger partial charge in [0.1, 0.15) is 11.4 Å². The van der Waals surface area contributed by atoms with Gasteiger partial charge in [-0.25, -0.2) is 0 Å². The first-order valence-electron chi connectivity index (χ1n) is 6.12. The molecule has 0 saturated heterocycles. The topological polar surface area (TPSA) is 65.2 Å². The third kappa shape index (κ3) is 2.12. The van der Waals surface area contributed by atoms with Crippen molar-refractivity contribution in [2.75, 3.05) is 0 Å². The summed E-state index contributed by atoms with van der Waals surface area (Å²) >= 11 is 0. The molecule has 98 valence electrons. The number of nitrogens with zero attached hydrogens (tertiary/aromatic N) is 2. The fourth-order valence-corrected chi connectivity index (χ4v) is 2.20. The van der Waals surface area contributed by atoms with Gasteiger partial charge >= 0.3 is 0 Å². The first-order valence-corrected chi connectivity index (χ1v) is 6.12. The lowest BCUT2D eigenvalue weighted by atomic mass is 9.92. The van der Waals surface area contributed by atoms with E-state index >= 15 is 0 Å². The molecule has 1 aliphatic rings. The van der Waals surface area contributed by atoms with Crippen LogP contribution >= 0.6 is 0 Å². The highest BCUT2D eigenvalue weighted by Gasteiger charge is 2.32. The lowest BCUT2D eigenvalue weighted by molar-refractivity contribution is 0.0620. The zero-order chi connectivity index (χ0) is 13.6. The minimum absolute atomic E-state index is 0.0735. The van der Waals surface area contributed by atoms with Crippen molar-refractivity contribution in [2.24, 2.45) is 0 Å². The van der Waals surface area contributed by atoms with Crippen LogP contribution in [0.25, 0.3) is 11.5 Å². The molecule has 0 bridgehead atoms. The Morgan fingerprint density at radius 1 is 1.32 bits per heavy atom. The van der Waals surface area contributed by atoms with Gasteiger partial charge in [-0.2, -0.15) is 4.98 Å². The Hall–Kier alpha value is -2.17. The van der Waals surface area contributed by atoms with E-state index in [1.54, 1.807) is 19.1 Å². The van der Waals surface area contributed by atoms with Gasteiger partial charge in [-0.3, -0.25) is 4.79 Å². The van der Waals surface area contributed by atoms with Crippen LogP contribution in [0.3, 0.4) is 0 Å². The molecular weight excluding hydrogens is 244 g/mol. The van der Waals surface area contributed by atoms with Gasteiger partial charge in [-0.1, -0.05) is 5.16 Å².